The summed E-state index contributed by atoms with van der Waals surface area (Å²) in [6, 6.07) is 7.26. The fourth-order valence-corrected chi connectivity index (χ4v) is 3.13. The lowest BCUT2D eigenvalue weighted by Crippen LogP contribution is -2.30. The van der Waals surface area contributed by atoms with E-state index in [1.165, 1.54) is 35.2 Å². The maximum atomic E-state index is 3.59. The molecule has 1 aliphatic rings. The normalized spacial score (nSPS) is 19.8. The molecule has 100 valence electrons. The summed E-state index contributed by atoms with van der Waals surface area (Å²) in [6.07, 6.45) is 1.30. The van der Waals surface area contributed by atoms with Crippen LogP contribution in [0.2, 0.25) is 0 Å². The number of benzene rings is 1. The number of halogens is 1. The molecular formula is C15H23BrN2. The molecule has 0 aromatic heterocycles. The molecule has 2 nitrogen and oxygen atoms in total. The molecule has 1 saturated heterocycles. The van der Waals surface area contributed by atoms with Crippen LogP contribution in [0.4, 0.5) is 5.69 Å². The quantitative estimate of drug-likeness (QED) is 0.914. The summed E-state index contributed by atoms with van der Waals surface area (Å²) in [4.78, 5) is 2.50. The Morgan fingerprint density at radius 2 is 2.17 bits per heavy atom. The zero-order chi connectivity index (χ0) is 13.1. The van der Waals surface area contributed by atoms with E-state index >= 15 is 0 Å². The van der Waals surface area contributed by atoms with Crippen LogP contribution in [0.5, 0.6) is 0 Å². The minimum atomic E-state index is 0.590. The maximum Gasteiger partial charge on any atom is 0.0380 e. The summed E-state index contributed by atoms with van der Waals surface area (Å²) in [5, 5.41) is 3.55. The van der Waals surface area contributed by atoms with Gasteiger partial charge in [-0.2, -0.15) is 0 Å². The van der Waals surface area contributed by atoms with Crippen molar-refractivity contribution < 1.29 is 0 Å². The second-order valence-corrected chi connectivity index (χ2v) is 6.57. The van der Waals surface area contributed by atoms with Crippen LogP contribution < -0.4 is 10.2 Å². The van der Waals surface area contributed by atoms with Crippen LogP contribution in [0, 0.1) is 12.8 Å². The molecule has 0 saturated carbocycles. The third-order valence-electron chi connectivity index (χ3n) is 3.49. The zero-order valence-corrected chi connectivity index (χ0v) is 13.1. The van der Waals surface area contributed by atoms with E-state index in [1.54, 1.807) is 0 Å². The van der Waals surface area contributed by atoms with E-state index in [0.29, 0.717) is 6.04 Å². The Morgan fingerprint density at radius 1 is 1.39 bits per heavy atom. The van der Waals surface area contributed by atoms with Gasteiger partial charge in [-0.3, -0.25) is 0 Å². The molecule has 0 bridgehead atoms. The van der Waals surface area contributed by atoms with E-state index < -0.39 is 0 Å². The van der Waals surface area contributed by atoms with Crippen LogP contribution in [-0.2, 0) is 0 Å². The summed E-state index contributed by atoms with van der Waals surface area (Å²) in [7, 11) is 0. The number of nitrogens with one attached hydrogen (secondary N) is 1. The molecule has 1 heterocycles. The van der Waals surface area contributed by atoms with Gasteiger partial charge < -0.3 is 10.2 Å². The topological polar surface area (TPSA) is 15.3 Å². The van der Waals surface area contributed by atoms with Gasteiger partial charge >= 0.3 is 0 Å². The lowest BCUT2D eigenvalue weighted by Gasteiger charge is -2.20. The Balaban J connectivity index is 1.95. The van der Waals surface area contributed by atoms with E-state index in [4.69, 9.17) is 0 Å². The third kappa shape index (κ3) is 3.72. The van der Waals surface area contributed by atoms with Crippen molar-refractivity contribution in [2.75, 3.05) is 24.5 Å². The SMILES string of the molecule is Cc1cc(Br)cc(N2CCC(CNC(C)C)C2)c1. The molecule has 2 rings (SSSR count). The van der Waals surface area contributed by atoms with Crippen molar-refractivity contribution in [3.8, 4) is 0 Å². The standard InChI is InChI=1S/C15H23BrN2/c1-11(2)17-9-13-4-5-18(10-13)15-7-12(3)6-14(16)8-15/h6-8,11,13,17H,4-5,9-10H2,1-3H3. The summed E-state index contributed by atoms with van der Waals surface area (Å²) in [6.45, 7) is 10.1. The van der Waals surface area contributed by atoms with E-state index in [-0.39, 0.29) is 0 Å². The van der Waals surface area contributed by atoms with Crippen LogP contribution in [0.3, 0.4) is 0 Å². The van der Waals surface area contributed by atoms with E-state index in [9.17, 15) is 0 Å². The second-order valence-electron chi connectivity index (χ2n) is 5.65. The van der Waals surface area contributed by atoms with Gasteiger partial charge in [0.2, 0.25) is 0 Å². The first kappa shape index (κ1) is 13.9. The number of nitrogens with zero attached hydrogens (tertiary/aromatic N) is 1. The Morgan fingerprint density at radius 3 is 2.83 bits per heavy atom. The molecule has 1 unspecified atom stereocenters. The van der Waals surface area contributed by atoms with Gasteiger partial charge in [0.25, 0.3) is 0 Å². The molecule has 0 amide bonds. The van der Waals surface area contributed by atoms with Gasteiger partial charge in [0.05, 0.1) is 0 Å². The smallest absolute Gasteiger partial charge is 0.0380 e. The fraction of sp³-hybridized carbons (Fsp3) is 0.600. The van der Waals surface area contributed by atoms with Crippen molar-refractivity contribution in [3.63, 3.8) is 0 Å². The molecule has 3 heteroatoms. The highest BCUT2D eigenvalue weighted by molar-refractivity contribution is 9.10. The van der Waals surface area contributed by atoms with Crippen molar-refractivity contribution in [2.24, 2.45) is 5.92 Å². The molecule has 0 spiro atoms. The van der Waals surface area contributed by atoms with Crippen LogP contribution in [0.1, 0.15) is 25.8 Å². The largest absolute Gasteiger partial charge is 0.371 e. The van der Waals surface area contributed by atoms with Crippen LogP contribution in [0.25, 0.3) is 0 Å². The van der Waals surface area contributed by atoms with Crippen molar-refractivity contribution in [1.82, 2.24) is 5.32 Å². The molecule has 0 aliphatic carbocycles. The van der Waals surface area contributed by atoms with Gasteiger partial charge in [-0.15, -0.1) is 0 Å². The molecular weight excluding hydrogens is 288 g/mol. The minimum Gasteiger partial charge on any atom is -0.371 e. The molecule has 1 fully saturated rings. The molecule has 1 aromatic carbocycles. The summed E-state index contributed by atoms with van der Waals surface area (Å²) >= 11 is 3.59. The van der Waals surface area contributed by atoms with Crippen LogP contribution in [0.15, 0.2) is 22.7 Å². The fourth-order valence-electron chi connectivity index (χ4n) is 2.54. The molecule has 1 N–H and O–H groups in total. The molecule has 1 aromatic rings. The highest BCUT2D eigenvalue weighted by Gasteiger charge is 2.22. The second kappa shape index (κ2) is 6.07. The third-order valence-corrected chi connectivity index (χ3v) is 3.95. The number of rotatable bonds is 4. The van der Waals surface area contributed by atoms with Gasteiger partial charge in [0.1, 0.15) is 0 Å². The highest BCUT2D eigenvalue weighted by Crippen LogP contribution is 2.27. The summed E-state index contributed by atoms with van der Waals surface area (Å²) < 4.78 is 1.18. The van der Waals surface area contributed by atoms with Crippen molar-refractivity contribution >= 4 is 21.6 Å². The van der Waals surface area contributed by atoms with E-state index in [0.717, 1.165) is 12.5 Å². The number of anilines is 1. The van der Waals surface area contributed by atoms with Crippen molar-refractivity contribution in [2.45, 2.75) is 33.2 Å². The summed E-state index contributed by atoms with van der Waals surface area (Å²) in [5.74, 6) is 0.784. The number of hydrogen-bond donors (Lipinski definition) is 1. The average Bonchev–Trinajstić information content (AvgIpc) is 2.73. The lowest BCUT2D eigenvalue weighted by molar-refractivity contribution is 0.480. The van der Waals surface area contributed by atoms with Gasteiger partial charge in [0.15, 0.2) is 0 Å². The minimum absolute atomic E-state index is 0.590. The van der Waals surface area contributed by atoms with Crippen molar-refractivity contribution in [3.05, 3.63) is 28.2 Å². The predicted octanol–water partition coefficient (Wildman–Crippen LogP) is 3.58. The van der Waals surface area contributed by atoms with Gasteiger partial charge in [-0.25, -0.2) is 0 Å². The Hall–Kier alpha value is -0.540. The monoisotopic (exact) mass is 310 g/mol. The van der Waals surface area contributed by atoms with Gasteiger partial charge in [0, 0.05) is 29.3 Å². The predicted molar refractivity (Wildman–Crippen MR) is 82.3 cm³/mol. The lowest BCUT2D eigenvalue weighted by atomic mass is 10.1. The Kier molecular flexibility index (Phi) is 4.68. The molecule has 1 aliphatic heterocycles. The molecule has 18 heavy (non-hydrogen) atoms. The number of hydrogen-bond acceptors (Lipinski definition) is 2. The molecule has 0 radical (unpaired) electrons. The average molecular weight is 311 g/mol. The highest BCUT2D eigenvalue weighted by atomic mass is 79.9. The summed E-state index contributed by atoms with van der Waals surface area (Å²) in [5.41, 5.74) is 2.68. The zero-order valence-electron chi connectivity index (χ0n) is 11.5. The first-order valence-corrected chi connectivity index (χ1v) is 7.59. The van der Waals surface area contributed by atoms with E-state index in [1.807, 2.05) is 0 Å². The van der Waals surface area contributed by atoms with E-state index in [2.05, 4.69) is 65.1 Å². The van der Waals surface area contributed by atoms with Crippen molar-refractivity contribution in [1.29, 1.82) is 0 Å². The van der Waals surface area contributed by atoms with Gasteiger partial charge in [-0.05, 0) is 49.6 Å². The Labute approximate surface area is 119 Å². The first-order chi connectivity index (χ1) is 8.54. The maximum absolute atomic E-state index is 3.59. The number of aryl methyl sites for hydroxylation is 1. The van der Waals surface area contributed by atoms with Gasteiger partial charge in [-0.1, -0.05) is 29.8 Å². The molecule has 1 atom stereocenters. The first-order valence-electron chi connectivity index (χ1n) is 6.80. The van der Waals surface area contributed by atoms with Crippen LogP contribution in [-0.4, -0.2) is 25.7 Å². The van der Waals surface area contributed by atoms with Crippen LogP contribution >= 0.6 is 15.9 Å². The Bertz CT molecular complexity index is 383.